The van der Waals surface area contributed by atoms with Crippen LogP contribution in [-0.4, -0.2) is 24.1 Å². The SMILES string of the molecule is CC(C)C[C@@H](NC(=O)[C@@H](C)C1CCOCC1)c1ccccn1. The molecule has 1 amide bonds. The molecule has 0 bridgehead atoms. The van der Waals surface area contributed by atoms with Crippen LogP contribution in [0.4, 0.5) is 0 Å². The predicted molar refractivity (Wildman–Crippen MR) is 87.3 cm³/mol. The number of hydrogen-bond acceptors (Lipinski definition) is 3. The number of ether oxygens (including phenoxy) is 1. The lowest BCUT2D eigenvalue weighted by molar-refractivity contribution is -0.128. The first-order chi connectivity index (χ1) is 10.6. The first kappa shape index (κ1) is 16.9. The molecule has 4 nitrogen and oxygen atoms in total. The molecule has 1 N–H and O–H groups in total. The van der Waals surface area contributed by atoms with Gasteiger partial charge in [0.1, 0.15) is 0 Å². The molecule has 1 aromatic heterocycles. The maximum absolute atomic E-state index is 12.6. The average Bonchev–Trinajstić information content (AvgIpc) is 2.54. The number of aromatic nitrogens is 1. The van der Waals surface area contributed by atoms with Crippen LogP contribution in [0.25, 0.3) is 0 Å². The van der Waals surface area contributed by atoms with E-state index in [2.05, 4.69) is 24.1 Å². The second-order valence-corrected chi connectivity index (χ2v) is 6.68. The van der Waals surface area contributed by atoms with E-state index in [4.69, 9.17) is 4.74 Å². The molecule has 1 aromatic rings. The fraction of sp³-hybridized carbons (Fsp3) is 0.667. The number of carbonyl (C=O) groups excluding carboxylic acids is 1. The summed E-state index contributed by atoms with van der Waals surface area (Å²) in [7, 11) is 0. The summed E-state index contributed by atoms with van der Waals surface area (Å²) in [4.78, 5) is 17.1. The van der Waals surface area contributed by atoms with Crippen LogP contribution in [0, 0.1) is 17.8 Å². The van der Waals surface area contributed by atoms with E-state index in [1.54, 1.807) is 6.20 Å². The summed E-state index contributed by atoms with van der Waals surface area (Å²) in [5.41, 5.74) is 0.948. The number of nitrogens with zero attached hydrogens (tertiary/aromatic N) is 1. The number of rotatable bonds is 6. The molecule has 1 saturated heterocycles. The highest BCUT2D eigenvalue weighted by atomic mass is 16.5. The smallest absolute Gasteiger partial charge is 0.223 e. The van der Waals surface area contributed by atoms with Crippen molar-refractivity contribution < 1.29 is 9.53 Å². The van der Waals surface area contributed by atoms with Crippen LogP contribution >= 0.6 is 0 Å². The Labute approximate surface area is 133 Å². The molecule has 0 aliphatic carbocycles. The van der Waals surface area contributed by atoms with E-state index in [9.17, 15) is 4.79 Å². The summed E-state index contributed by atoms with van der Waals surface area (Å²) in [5.74, 6) is 1.10. The molecule has 1 aliphatic rings. The molecule has 1 fully saturated rings. The summed E-state index contributed by atoms with van der Waals surface area (Å²) in [6.07, 6.45) is 4.65. The summed E-state index contributed by atoms with van der Waals surface area (Å²) >= 11 is 0. The normalized spacial score (nSPS) is 18.9. The van der Waals surface area contributed by atoms with Crippen molar-refractivity contribution in [3.8, 4) is 0 Å². The van der Waals surface area contributed by atoms with Crippen molar-refractivity contribution in [2.45, 2.75) is 46.1 Å². The Bertz CT molecular complexity index is 455. The lowest BCUT2D eigenvalue weighted by Crippen LogP contribution is -2.38. The third-order valence-corrected chi connectivity index (χ3v) is 4.46. The molecule has 0 aromatic carbocycles. The first-order valence-corrected chi connectivity index (χ1v) is 8.37. The molecule has 0 saturated carbocycles. The van der Waals surface area contributed by atoms with Crippen LogP contribution in [0.5, 0.6) is 0 Å². The highest BCUT2D eigenvalue weighted by Crippen LogP contribution is 2.26. The van der Waals surface area contributed by atoms with Gasteiger partial charge in [0.15, 0.2) is 0 Å². The van der Waals surface area contributed by atoms with Gasteiger partial charge in [0, 0.05) is 25.3 Å². The standard InChI is InChI=1S/C18H28N2O2/c1-13(2)12-17(16-6-4-5-9-19-16)20-18(21)14(3)15-7-10-22-11-8-15/h4-6,9,13-15,17H,7-8,10-12H2,1-3H3,(H,20,21)/t14-,17+/m0/s1. The quantitative estimate of drug-likeness (QED) is 0.877. The molecule has 2 heterocycles. The zero-order chi connectivity index (χ0) is 15.9. The summed E-state index contributed by atoms with van der Waals surface area (Å²) in [6, 6.07) is 5.87. The van der Waals surface area contributed by atoms with Gasteiger partial charge < -0.3 is 10.1 Å². The zero-order valence-corrected chi connectivity index (χ0v) is 13.9. The maximum Gasteiger partial charge on any atom is 0.223 e. The molecule has 0 spiro atoms. The van der Waals surface area contributed by atoms with Crippen molar-refractivity contribution in [1.29, 1.82) is 0 Å². The van der Waals surface area contributed by atoms with Crippen molar-refractivity contribution in [1.82, 2.24) is 10.3 Å². The Kier molecular flexibility index (Phi) is 6.37. The molecule has 1 aliphatic heterocycles. The average molecular weight is 304 g/mol. The van der Waals surface area contributed by atoms with E-state index in [1.165, 1.54) is 0 Å². The molecular weight excluding hydrogens is 276 g/mol. The minimum Gasteiger partial charge on any atom is -0.381 e. The number of pyridine rings is 1. The Balaban J connectivity index is 2.01. The van der Waals surface area contributed by atoms with E-state index in [1.807, 2.05) is 25.1 Å². The highest BCUT2D eigenvalue weighted by molar-refractivity contribution is 5.79. The van der Waals surface area contributed by atoms with E-state index in [0.717, 1.165) is 38.2 Å². The van der Waals surface area contributed by atoms with Crippen molar-refractivity contribution in [3.05, 3.63) is 30.1 Å². The molecular formula is C18H28N2O2. The van der Waals surface area contributed by atoms with Gasteiger partial charge in [-0.3, -0.25) is 9.78 Å². The highest BCUT2D eigenvalue weighted by Gasteiger charge is 2.28. The Morgan fingerprint density at radius 2 is 2.05 bits per heavy atom. The topological polar surface area (TPSA) is 51.2 Å². The maximum atomic E-state index is 12.6. The van der Waals surface area contributed by atoms with Crippen LogP contribution < -0.4 is 5.32 Å². The van der Waals surface area contributed by atoms with E-state index in [0.29, 0.717) is 11.8 Å². The summed E-state index contributed by atoms with van der Waals surface area (Å²) in [6.45, 7) is 7.93. The van der Waals surface area contributed by atoms with Gasteiger partial charge >= 0.3 is 0 Å². The van der Waals surface area contributed by atoms with Crippen LogP contribution in [0.2, 0.25) is 0 Å². The molecule has 2 rings (SSSR count). The monoisotopic (exact) mass is 304 g/mol. The van der Waals surface area contributed by atoms with Gasteiger partial charge in [0.2, 0.25) is 5.91 Å². The lowest BCUT2D eigenvalue weighted by Gasteiger charge is -2.29. The van der Waals surface area contributed by atoms with E-state index >= 15 is 0 Å². The van der Waals surface area contributed by atoms with Gasteiger partial charge in [-0.15, -0.1) is 0 Å². The predicted octanol–water partition coefficient (Wildman–Crippen LogP) is 3.35. The van der Waals surface area contributed by atoms with Gasteiger partial charge in [0.05, 0.1) is 11.7 Å². The first-order valence-electron chi connectivity index (χ1n) is 8.37. The van der Waals surface area contributed by atoms with Gasteiger partial charge in [-0.05, 0) is 43.2 Å². The Morgan fingerprint density at radius 1 is 1.32 bits per heavy atom. The largest absolute Gasteiger partial charge is 0.381 e. The number of carbonyl (C=O) groups is 1. The van der Waals surface area contributed by atoms with Gasteiger partial charge in [0.25, 0.3) is 0 Å². The van der Waals surface area contributed by atoms with Gasteiger partial charge in [-0.25, -0.2) is 0 Å². The fourth-order valence-corrected chi connectivity index (χ4v) is 3.04. The zero-order valence-electron chi connectivity index (χ0n) is 13.9. The van der Waals surface area contributed by atoms with Crippen molar-refractivity contribution in [3.63, 3.8) is 0 Å². The van der Waals surface area contributed by atoms with Gasteiger partial charge in [-0.2, -0.15) is 0 Å². The van der Waals surface area contributed by atoms with Crippen molar-refractivity contribution >= 4 is 5.91 Å². The van der Waals surface area contributed by atoms with E-state index in [-0.39, 0.29) is 17.9 Å². The number of nitrogens with one attached hydrogen (secondary N) is 1. The third-order valence-electron chi connectivity index (χ3n) is 4.46. The lowest BCUT2D eigenvalue weighted by atomic mass is 9.86. The van der Waals surface area contributed by atoms with Crippen molar-refractivity contribution in [2.75, 3.05) is 13.2 Å². The number of hydrogen-bond donors (Lipinski definition) is 1. The molecule has 0 radical (unpaired) electrons. The van der Waals surface area contributed by atoms with Crippen molar-refractivity contribution in [2.24, 2.45) is 17.8 Å². The minimum absolute atomic E-state index is 0.00371. The summed E-state index contributed by atoms with van der Waals surface area (Å²) < 4.78 is 5.39. The second kappa shape index (κ2) is 8.28. The van der Waals surface area contributed by atoms with Crippen LogP contribution in [0.3, 0.4) is 0 Å². The minimum atomic E-state index is -0.00371. The Morgan fingerprint density at radius 3 is 2.64 bits per heavy atom. The van der Waals surface area contributed by atoms with Crippen LogP contribution in [-0.2, 0) is 9.53 Å². The number of amides is 1. The molecule has 2 atom stereocenters. The van der Waals surface area contributed by atoms with E-state index < -0.39 is 0 Å². The van der Waals surface area contributed by atoms with Crippen LogP contribution in [0.1, 0.15) is 51.8 Å². The van der Waals surface area contributed by atoms with Gasteiger partial charge in [-0.1, -0.05) is 26.8 Å². The molecule has 4 heteroatoms. The fourth-order valence-electron chi connectivity index (χ4n) is 3.04. The molecule has 0 unspecified atom stereocenters. The third kappa shape index (κ3) is 4.80. The Hall–Kier alpha value is -1.42. The molecule has 122 valence electrons. The summed E-state index contributed by atoms with van der Waals surface area (Å²) in [5, 5.41) is 3.22. The second-order valence-electron chi connectivity index (χ2n) is 6.68. The molecule has 22 heavy (non-hydrogen) atoms. The van der Waals surface area contributed by atoms with Crippen LogP contribution in [0.15, 0.2) is 24.4 Å².